The number of benzene rings is 2. The third-order valence-electron chi connectivity index (χ3n) is 3.91. The summed E-state index contributed by atoms with van der Waals surface area (Å²) in [6, 6.07) is 8.91. The van der Waals surface area contributed by atoms with Crippen LogP contribution in [0.15, 0.2) is 36.4 Å². The molecule has 126 valence electrons. The summed E-state index contributed by atoms with van der Waals surface area (Å²) in [6.07, 6.45) is 2.83. The standard InChI is InChI=1S/C20H22O4/c1-3-5-13-11-15(21)7-9-17(13)19(23)20(24)18-10-8-16(22)12-14(18)6-4-2/h7-12,21-22H,3-6H2,1-2H3. The van der Waals surface area contributed by atoms with Gasteiger partial charge in [0.15, 0.2) is 0 Å². The lowest BCUT2D eigenvalue weighted by atomic mass is 9.92. The van der Waals surface area contributed by atoms with Gasteiger partial charge in [0.25, 0.3) is 0 Å². The number of phenols is 2. The van der Waals surface area contributed by atoms with Crippen molar-refractivity contribution in [2.75, 3.05) is 0 Å². The van der Waals surface area contributed by atoms with E-state index in [4.69, 9.17) is 0 Å². The molecule has 0 spiro atoms. The van der Waals surface area contributed by atoms with Crippen molar-refractivity contribution >= 4 is 11.6 Å². The van der Waals surface area contributed by atoms with Gasteiger partial charge in [0.05, 0.1) is 0 Å². The zero-order valence-electron chi connectivity index (χ0n) is 14.0. The Bertz CT molecular complexity index is 697. The van der Waals surface area contributed by atoms with Gasteiger partial charge in [-0.1, -0.05) is 26.7 Å². The summed E-state index contributed by atoms with van der Waals surface area (Å²) in [5.74, 6) is -1.000. The summed E-state index contributed by atoms with van der Waals surface area (Å²) in [6.45, 7) is 3.94. The maximum absolute atomic E-state index is 12.7. The number of phenolic OH excluding ortho intramolecular Hbond substituents is 2. The molecule has 24 heavy (non-hydrogen) atoms. The first kappa shape index (κ1) is 17.7. The van der Waals surface area contributed by atoms with Crippen LogP contribution in [0.5, 0.6) is 11.5 Å². The number of Topliss-reactive ketones (excluding diaryl/α,β-unsaturated/α-hetero) is 2. The zero-order chi connectivity index (χ0) is 17.7. The Balaban J connectivity index is 2.42. The lowest BCUT2D eigenvalue weighted by molar-refractivity contribution is 0.0815. The number of hydrogen-bond donors (Lipinski definition) is 2. The van der Waals surface area contributed by atoms with Gasteiger partial charge in [-0.15, -0.1) is 0 Å². The predicted octanol–water partition coefficient (Wildman–Crippen LogP) is 4.07. The van der Waals surface area contributed by atoms with Gasteiger partial charge in [-0.05, 0) is 60.4 Å². The number of rotatable bonds is 7. The normalized spacial score (nSPS) is 10.6. The van der Waals surface area contributed by atoms with Crippen molar-refractivity contribution in [1.82, 2.24) is 0 Å². The van der Waals surface area contributed by atoms with Gasteiger partial charge in [-0.25, -0.2) is 0 Å². The first-order chi connectivity index (χ1) is 11.5. The summed E-state index contributed by atoms with van der Waals surface area (Å²) < 4.78 is 0. The van der Waals surface area contributed by atoms with Crippen LogP contribution in [0, 0.1) is 0 Å². The molecule has 0 aliphatic carbocycles. The Hall–Kier alpha value is -2.62. The van der Waals surface area contributed by atoms with Crippen molar-refractivity contribution < 1.29 is 19.8 Å². The molecule has 2 N–H and O–H groups in total. The van der Waals surface area contributed by atoms with Crippen LogP contribution in [0.25, 0.3) is 0 Å². The highest BCUT2D eigenvalue weighted by atomic mass is 16.3. The second-order valence-electron chi connectivity index (χ2n) is 5.84. The molecule has 0 heterocycles. The average molecular weight is 326 g/mol. The minimum Gasteiger partial charge on any atom is -0.508 e. The second-order valence-corrected chi connectivity index (χ2v) is 5.84. The van der Waals surface area contributed by atoms with E-state index >= 15 is 0 Å². The van der Waals surface area contributed by atoms with Gasteiger partial charge in [0.2, 0.25) is 11.6 Å². The summed E-state index contributed by atoms with van der Waals surface area (Å²) in [7, 11) is 0. The lowest BCUT2D eigenvalue weighted by Crippen LogP contribution is -2.18. The highest BCUT2D eigenvalue weighted by Crippen LogP contribution is 2.23. The molecule has 4 heteroatoms. The van der Waals surface area contributed by atoms with E-state index in [1.165, 1.54) is 36.4 Å². The summed E-state index contributed by atoms with van der Waals surface area (Å²) >= 11 is 0. The van der Waals surface area contributed by atoms with E-state index in [0.717, 1.165) is 12.8 Å². The van der Waals surface area contributed by atoms with Crippen LogP contribution < -0.4 is 0 Å². The van der Waals surface area contributed by atoms with E-state index in [1.807, 2.05) is 13.8 Å². The Morgan fingerprint density at radius 3 is 1.46 bits per heavy atom. The number of ketones is 2. The SMILES string of the molecule is CCCc1cc(O)ccc1C(=O)C(=O)c1ccc(O)cc1CCC. The van der Waals surface area contributed by atoms with Crippen LogP contribution in [-0.4, -0.2) is 21.8 Å². The van der Waals surface area contributed by atoms with Crippen molar-refractivity contribution in [1.29, 1.82) is 0 Å². The molecular formula is C20H22O4. The Kier molecular flexibility index (Phi) is 5.74. The first-order valence-corrected chi connectivity index (χ1v) is 8.20. The fourth-order valence-electron chi connectivity index (χ4n) is 2.80. The predicted molar refractivity (Wildman–Crippen MR) is 92.9 cm³/mol. The van der Waals surface area contributed by atoms with E-state index in [-0.39, 0.29) is 11.5 Å². The number of hydrogen-bond acceptors (Lipinski definition) is 4. The quantitative estimate of drug-likeness (QED) is 0.594. The van der Waals surface area contributed by atoms with Gasteiger partial charge in [0.1, 0.15) is 11.5 Å². The Morgan fingerprint density at radius 2 is 1.12 bits per heavy atom. The number of aromatic hydroxyl groups is 2. The van der Waals surface area contributed by atoms with E-state index in [9.17, 15) is 19.8 Å². The van der Waals surface area contributed by atoms with Crippen molar-refractivity contribution in [2.45, 2.75) is 39.5 Å². The molecule has 0 aliphatic rings. The Labute approximate surface area is 141 Å². The maximum atomic E-state index is 12.7. The number of carbonyl (C=O) groups excluding carboxylic acids is 2. The first-order valence-electron chi connectivity index (χ1n) is 8.20. The van der Waals surface area contributed by atoms with Gasteiger partial charge in [-0.3, -0.25) is 9.59 Å². The molecule has 0 aromatic heterocycles. The van der Waals surface area contributed by atoms with Crippen LogP contribution in [0.4, 0.5) is 0 Å². The minimum atomic E-state index is -0.582. The molecule has 0 saturated heterocycles. The molecule has 0 aliphatic heterocycles. The monoisotopic (exact) mass is 326 g/mol. The van der Waals surface area contributed by atoms with Gasteiger partial charge < -0.3 is 10.2 Å². The molecule has 2 aromatic carbocycles. The average Bonchev–Trinajstić information content (AvgIpc) is 2.55. The fraction of sp³-hybridized carbons (Fsp3) is 0.300. The van der Waals surface area contributed by atoms with Gasteiger partial charge >= 0.3 is 0 Å². The molecule has 0 bridgehead atoms. The van der Waals surface area contributed by atoms with E-state index < -0.39 is 11.6 Å². The molecule has 0 amide bonds. The maximum Gasteiger partial charge on any atom is 0.233 e. The summed E-state index contributed by atoms with van der Waals surface area (Å²) in [5, 5.41) is 19.2. The molecular weight excluding hydrogens is 304 g/mol. The topological polar surface area (TPSA) is 74.6 Å². The zero-order valence-corrected chi connectivity index (χ0v) is 14.0. The van der Waals surface area contributed by atoms with E-state index in [2.05, 4.69) is 0 Å². The number of carbonyl (C=O) groups is 2. The summed E-state index contributed by atoms with van der Waals surface area (Å²) in [4.78, 5) is 25.4. The molecule has 2 rings (SSSR count). The van der Waals surface area contributed by atoms with Gasteiger partial charge in [0, 0.05) is 11.1 Å². The molecule has 4 nitrogen and oxygen atoms in total. The van der Waals surface area contributed by atoms with Crippen molar-refractivity contribution in [2.24, 2.45) is 0 Å². The summed E-state index contributed by atoms with van der Waals surface area (Å²) in [5.41, 5.74) is 2.00. The smallest absolute Gasteiger partial charge is 0.233 e. The van der Waals surface area contributed by atoms with Crippen LogP contribution >= 0.6 is 0 Å². The number of aryl methyl sites for hydroxylation is 2. The second kappa shape index (κ2) is 7.77. The van der Waals surface area contributed by atoms with Crippen LogP contribution in [0.3, 0.4) is 0 Å². The van der Waals surface area contributed by atoms with Gasteiger partial charge in [-0.2, -0.15) is 0 Å². The van der Waals surface area contributed by atoms with Crippen molar-refractivity contribution in [3.63, 3.8) is 0 Å². The minimum absolute atomic E-state index is 0.0822. The molecule has 0 saturated carbocycles. The van der Waals surface area contributed by atoms with Crippen molar-refractivity contribution in [3.8, 4) is 11.5 Å². The Morgan fingerprint density at radius 1 is 0.750 bits per heavy atom. The third-order valence-corrected chi connectivity index (χ3v) is 3.91. The van der Waals surface area contributed by atoms with Crippen molar-refractivity contribution in [3.05, 3.63) is 58.7 Å². The highest BCUT2D eigenvalue weighted by molar-refractivity contribution is 6.49. The van der Waals surface area contributed by atoms with E-state index in [1.54, 1.807) is 0 Å². The fourth-order valence-corrected chi connectivity index (χ4v) is 2.80. The largest absolute Gasteiger partial charge is 0.508 e. The van der Waals surface area contributed by atoms with E-state index in [0.29, 0.717) is 35.1 Å². The highest BCUT2D eigenvalue weighted by Gasteiger charge is 2.23. The van der Waals surface area contributed by atoms with Crippen LogP contribution in [0.2, 0.25) is 0 Å². The van der Waals surface area contributed by atoms with Crippen LogP contribution in [-0.2, 0) is 12.8 Å². The third kappa shape index (κ3) is 3.82. The molecule has 0 atom stereocenters. The molecule has 2 aromatic rings. The molecule has 0 radical (unpaired) electrons. The molecule has 0 unspecified atom stereocenters. The lowest BCUT2D eigenvalue weighted by Gasteiger charge is -2.11. The van der Waals surface area contributed by atoms with Crippen LogP contribution in [0.1, 0.15) is 58.5 Å². The molecule has 0 fully saturated rings.